The van der Waals surface area contributed by atoms with Crippen LogP contribution in [-0.2, 0) is 14.3 Å². The molecule has 0 bridgehead atoms. The van der Waals surface area contributed by atoms with Gasteiger partial charge in [0.2, 0.25) is 5.91 Å². The van der Waals surface area contributed by atoms with E-state index >= 15 is 0 Å². The normalized spacial score (nSPS) is 20.9. The number of nitrogens with zero attached hydrogens (tertiary/aromatic N) is 1. The minimum absolute atomic E-state index is 0.0416. The highest BCUT2D eigenvalue weighted by Gasteiger charge is 2.31. The van der Waals surface area contributed by atoms with Crippen LogP contribution in [0.4, 0.5) is 0 Å². The van der Waals surface area contributed by atoms with Gasteiger partial charge >= 0.3 is 5.97 Å². The second-order valence-electron chi connectivity index (χ2n) is 3.61. The van der Waals surface area contributed by atoms with Gasteiger partial charge in [0.15, 0.2) is 0 Å². The Morgan fingerprint density at radius 2 is 2.27 bits per heavy atom. The van der Waals surface area contributed by atoms with Gasteiger partial charge in [-0.15, -0.1) is 6.58 Å². The molecular formula is C11H17NO3. The van der Waals surface area contributed by atoms with E-state index in [0.29, 0.717) is 13.0 Å². The van der Waals surface area contributed by atoms with Crippen molar-refractivity contribution in [3.63, 3.8) is 0 Å². The van der Waals surface area contributed by atoms with E-state index in [1.165, 1.54) is 7.11 Å². The lowest BCUT2D eigenvalue weighted by molar-refractivity contribution is -0.154. The van der Waals surface area contributed by atoms with Crippen molar-refractivity contribution in [3.05, 3.63) is 12.7 Å². The molecule has 0 aromatic heterocycles. The van der Waals surface area contributed by atoms with E-state index in [2.05, 4.69) is 11.3 Å². The molecule has 15 heavy (non-hydrogen) atoms. The van der Waals surface area contributed by atoms with E-state index in [0.717, 1.165) is 12.8 Å². The molecule has 1 atom stereocenters. The van der Waals surface area contributed by atoms with Gasteiger partial charge in [-0.25, -0.2) is 4.79 Å². The number of carbonyl (C=O) groups excluding carboxylic acids is 2. The molecule has 1 aliphatic rings. The predicted octanol–water partition coefficient (Wildman–Crippen LogP) is 1.12. The quantitative estimate of drug-likeness (QED) is 0.519. The van der Waals surface area contributed by atoms with Crippen molar-refractivity contribution in [3.8, 4) is 0 Å². The topological polar surface area (TPSA) is 46.6 Å². The van der Waals surface area contributed by atoms with Gasteiger partial charge in [0, 0.05) is 13.0 Å². The number of piperidine rings is 1. The summed E-state index contributed by atoms with van der Waals surface area (Å²) in [4.78, 5) is 24.7. The van der Waals surface area contributed by atoms with Gasteiger partial charge in [-0.2, -0.15) is 0 Å². The number of carbonyl (C=O) groups is 2. The summed E-state index contributed by atoms with van der Waals surface area (Å²) in [5, 5.41) is 0. The van der Waals surface area contributed by atoms with Crippen molar-refractivity contribution in [2.75, 3.05) is 13.7 Å². The molecular weight excluding hydrogens is 194 g/mol. The van der Waals surface area contributed by atoms with E-state index in [1.807, 2.05) is 0 Å². The zero-order chi connectivity index (χ0) is 11.3. The van der Waals surface area contributed by atoms with E-state index in [4.69, 9.17) is 0 Å². The maximum absolute atomic E-state index is 11.7. The third-order valence-corrected chi connectivity index (χ3v) is 2.62. The molecule has 1 unspecified atom stereocenters. The zero-order valence-corrected chi connectivity index (χ0v) is 9.07. The fraction of sp³-hybridized carbons (Fsp3) is 0.636. The number of ether oxygens (including phenoxy) is 1. The van der Waals surface area contributed by atoms with Gasteiger partial charge < -0.3 is 9.64 Å². The van der Waals surface area contributed by atoms with Crippen LogP contribution in [0.2, 0.25) is 0 Å². The molecule has 0 N–H and O–H groups in total. The molecule has 0 aliphatic carbocycles. The van der Waals surface area contributed by atoms with E-state index in [9.17, 15) is 9.59 Å². The number of hydrogen-bond donors (Lipinski definition) is 0. The summed E-state index contributed by atoms with van der Waals surface area (Å²) in [7, 11) is 1.35. The average molecular weight is 211 g/mol. The van der Waals surface area contributed by atoms with Gasteiger partial charge in [0.25, 0.3) is 0 Å². The maximum atomic E-state index is 11.7. The molecule has 1 saturated heterocycles. The number of esters is 1. The van der Waals surface area contributed by atoms with Crippen LogP contribution in [0.25, 0.3) is 0 Å². The van der Waals surface area contributed by atoms with Crippen molar-refractivity contribution in [1.82, 2.24) is 4.90 Å². The second-order valence-corrected chi connectivity index (χ2v) is 3.61. The Morgan fingerprint density at radius 3 is 2.87 bits per heavy atom. The fourth-order valence-electron chi connectivity index (χ4n) is 1.85. The summed E-state index contributed by atoms with van der Waals surface area (Å²) in [5.74, 6) is -0.354. The lowest BCUT2D eigenvalue weighted by Gasteiger charge is -2.33. The van der Waals surface area contributed by atoms with Crippen molar-refractivity contribution >= 4 is 11.9 Å². The van der Waals surface area contributed by atoms with Gasteiger partial charge in [0.05, 0.1) is 7.11 Å². The van der Waals surface area contributed by atoms with E-state index < -0.39 is 6.04 Å². The Balaban J connectivity index is 2.68. The van der Waals surface area contributed by atoms with Crippen LogP contribution < -0.4 is 0 Å². The summed E-state index contributed by atoms with van der Waals surface area (Å²) < 4.78 is 4.69. The molecule has 4 nitrogen and oxygen atoms in total. The first kappa shape index (κ1) is 11.8. The molecule has 0 saturated carbocycles. The highest BCUT2D eigenvalue weighted by Crippen LogP contribution is 2.18. The monoisotopic (exact) mass is 211 g/mol. The first-order chi connectivity index (χ1) is 7.20. The Morgan fingerprint density at radius 1 is 1.53 bits per heavy atom. The highest BCUT2D eigenvalue weighted by molar-refractivity contribution is 5.85. The largest absolute Gasteiger partial charge is 0.467 e. The van der Waals surface area contributed by atoms with Crippen molar-refractivity contribution < 1.29 is 14.3 Å². The third-order valence-electron chi connectivity index (χ3n) is 2.62. The minimum Gasteiger partial charge on any atom is -0.467 e. The zero-order valence-electron chi connectivity index (χ0n) is 9.07. The predicted molar refractivity (Wildman–Crippen MR) is 56.2 cm³/mol. The van der Waals surface area contributed by atoms with Gasteiger partial charge in [0.1, 0.15) is 6.04 Å². The molecule has 0 radical (unpaired) electrons. The number of hydrogen-bond acceptors (Lipinski definition) is 3. The summed E-state index contributed by atoms with van der Waals surface area (Å²) >= 11 is 0. The van der Waals surface area contributed by atoms with Crippen molar-refractivity contribution in [2.45, 2.75) is 31.7 Å². The molecule has 0 spiro atoms. The molecule has 4 heteroatoms. The Kier molecular flexibility index (Phi) is 4.34. The number of likely N-dealkylation sites (tertiary alicyclic amines) is 1. The maximum Gasteiger partial charge on any atom is 0.328 e. The van der Waals surface area contributed by atoms with Crippen LogP contribution in [0, 0.1) is 0 Å². The average Bonchev–Trinajstić information content (AvgIpc) is 2.28. The van der Waals surface area contributed by atoms with E-state index in [-0.39, 0.29) is 18.3 Å². The Labute approximate surface area is 89.9 Å². The Hall–Kier alpha value is -1.32. The Bertz CT molecular complexity index is 263. The SMILES string of the molecule is C=CCC(=O)N1CCCCC1C(=O)OC. The summed E-state index contributed by atoms with van der Waals surface area (Å²) in [6.45, 7) is 4.17. The molecule has 1 aliphatic heterocycles. The van der Waals surface area contributed by atoms with Crippen LogP contribution in [0.5, 0.6) is 0 Å². The van der Waals surface area contributed by atoms with Gasteiger partial charge in [-0.05, 0) is 19.3 Å². The number of rotatable bonds is 3. The minimum atomic E-state index is -0.392. The van der Waals surface area contributed by atoms with Gasteiger partial charge in [-0.1, -0.05) is 6.08 Å². The van der Waals surface area contributed by atoms with Crippen LogP contribution in [0.1, 0.15) is 25.7 Å². The van der Waals surface area contributed by atoms with Crippen LogP contribution in [0.15, 0.2) is 12.7 Å². The van der Waals surface area contributed by atoms with Crippen molar-refractivity contribution in [1.29, 1.82) is 0 Å². The lowest BCUT2D eigenvalue weighted by atomic mass is 10.0. The standard InChI is InChI=1S/C11H17NO3/c1-3-6-10(13)12-8-5-4-7-9(12)11(14)15-2/h3,9H,1,4-8H2,2H3. The van der Waals surface area contributed by atoms with Crippen molar-refractivity contribution in [2.24, 2.45) is 0 Å². The molecule has 0 aromatic rings. The molecule has 0 aromatic carbocycles. The number of amides is 1. The smallest absolute Gasteiger partial charge is 0.328 e. The fourth-order valence-corrected chi connectivity index (χ4v) is 1.85. The first-order valence-corrected chi connectivity index (χ1v) is 5.19. The van der Waals surface area contributed by atoms with Crippen LogP contribution in [-0.4, -0.2) is 36.5 Å². The van der Waals surface area contributed by atoms with Crippen LogP contribution >= 0.6 is 0 Å². The van der Waals surface area contributed by atoms with E-state index in [1.54, 1.807) is 11.0 Å². The lowest BCUT2D eigenvalue weighted by Crippen LogP contribution is -2.48. The summed E-state index contributed by atoms with van der Waals surface area (Å²) in [6.07, 6.45) is 4.47. The summed E-state index contributed by atoms with van der Waals surface area (Å²) in [6, 6.07) is -0.392. The third kappa shape index (κ3) is 2.81. The van der Waals surface area contributed by atoms with Crippen LogP contribution in [0.3, 0.4) is 0 Å². The second kappa shape index (κ2) is 5.53. The molecule has 1 rings (SSSR count). The number of methoxy groups -OCH3 is 1. The first-order valence-electron chi connectivity index (χ1n) is 5.19. The van der Waals surface area contributed by atoms with Gasteiger partial charge in [-0.3, -0.25) is 4.79 Å². The highest BCUT2D eigenvalue weighted by atomic mass is 16.5. The molecule has 1 amide bonds. The summed E-state index contributed by atoms with van der Waals surface area (Å²) in [5.41, 5.74) is 0. The molecule has 1 heterocycles. The molecule has 84 valence electrons. The molecule has 1 fully saturated rings.